The second-order valence-electron chi connectivity index (χ2n) is 5.30. The van der Waals surface area contributed by atoms with E-state index in [1.54, 1.807) is 13.0 Å². The fraction of sp³-hybridized carbons (Fsp3) is 0.429. The Labute approximate surface area is 111 Å². The van der Waals surface area contributed by atoms with Gasteiger partial charge in [-0.1, -0.05) is 19.9 Å². The molecule has 1 aromatic carbocycles. The molecule has 1 unspecified atom stereocenters. The number of carboxylic acid groups (broad SMARTS) is 1. The molecule has 0 saturated heterocycles. The van der Waals surface area contributed by atoms with Gasteiger partial charge in [0.1, 0.15) is 5.25 Å². The smallest absolute Gasteiger partial charge is 0.317 e. The average Bonchev–Trinajstić information content (AvgIpc) is 2.27. The number of fused-ring (bicyclic) bond motifs is 1. The van der Waals surface area contributed by atoms with E-state index in [0.29, 0.717) is 12.0 Å². The molecule has 0 bridgehead atoms. The number of hydrogen-bond acceptors (Lipinski definition) is 3. The maximum atomic E-state index is 11.4. The summed E-state index contributed by atoms with van der Waals surface area (Å²) in [6, 6.07) is 5.55. The van der Waals surface area contributed by atoms with E-state index in [1.807, 2.05) is 26.0 Å². The van der Waals surface area contributed by atoms with Crippen LogP contribution in [0, 0.1) is 0 Å². The van der Waals surface area contributed by atoms with Crippen LogP contribution in [0.5, 0.6) is 0 Å². The van der Waals surface area contributed by atoms with Crippen LogP contribution in [0.2, 0.25) is 0 Å². The van der Waals surface area contributed by atoms with Gasteiger partial charge in [0.15, 0.2) is 5.78 Å². The molecule has 3 nitrogen and oxygen atoms in total. The number of thioether (sulfide) groups is 1. The van der Waals surface area contributed by atoms with Crippen LogP contribution < -0.4 is 0 Å². The van der Waals surface area contributed by atoms with E-state index < -0.39 is 11.2 Å². The largest absolute Gasteiger partial charge is 0.480 e. The predicted molar refractivity (Wildman–Crippen MR) is 71.4 cm³/mol. The lowest BCUT2D eigenvalue weighted by molar-refractivity contribution is -0.136. The van der Waals surface area contributed by atoms with Crippen molar-refractivity contribution in [2.75, 3.05) is 0 Å². The monoisotopic (exact) mass is 264 g/mol. The van der Waals surface area contributed by atoms with Crippen LogP contribution in [0.1, 0.15) is 43.1 Å². The quantitative estimate of drug-likeness (QED) is 0.834. The molecule has 96 valence electrons. The first-order valence-corrected chi connectivity index (χ1v) is 6.74. The minimum atomic E-state index is -0.769. The van der Waals surface area contributed by atoms with Crippen molar-refractivity contribution < 1.29 is 14.7 Å². The maximum Gasteiger partial charge on any atom is 0.317 e. The Hall–Kier alpha value is -1.29. The number of carbonyl (C=O) groups excluding carboxylic acids is 1. The Balaban J connectivity index is 2.48. The summed E-state index contributed by atoms with van der Waals surface area (Å²) < 4.78 is 0. The molecule has 1 aromatic rings. The lowest BCUT2D eigenvalue weighted by atomic mass is 9.79. The third-order valence-electron chi connectivity index (χ3n) is 3.36. The first-order chi connectivity index (χ1) is 8.31. The van der Waals surface area contributed by atoms with Gasteiger partial charge in [0, 0.05) is 10.5 Å². The first-order valence-electron chi connectivity index (χ1n) is 5.86. The molecule has 0 fully saturated rings. The van der Waals surface area contributed by atoms with Crippen molar-refractivity contribution in [3.05, 3.63) is 29.3 Å². The van der Waals surface area contributed by atoms with Crippen molar-refractivity contribution in [1.29, 1.82) is 0 Å². The summed E-state index contributed by atoms with van der Waals surface area (Å²) in [4.78, 5) is 23.5. The molecule has 1 atom stereocenters. The number of hydrogen-bond donors (Lipinski definition) is 1. The zero-order valence-electron chi connectivity index (χ0n) is 10.7. The molecule has 0 aromatic heterocycles. The normalized spacial score (nSPS) is 21.2. The van der Waals surface area contributed by atoms with Crippen LogP contribution >= 0.6 is 11.8 Å². The molecule has 0 saturated carbocycles. The third kappa shape index (κ3) is 2.29. The highest BCUT2D eigenvalue weighted by molar-refractivity contribution is 8.00. The number of carbonyl (C=O) groups is 2. The van der Waals surface area contributed by atoms with Gasteiger partial charge in [-0.3, -0.25) is 9.59 Å². The van der Waals surface area contributed by atoms with Crippen molar-refractivity contribution in [2.45, 2.75) is 42.8 Å². The number of benzene rings is 1. The van der Waals surface area contributed by atoms with Gasteiger partial charge in [-0.05, 0) is 36.5 Å². The van der Waals surface area contributed by atoms with E-state index >= 15 is 0 Å². The van der Waals surface area contributed by atoms with Gasteiger partial charge in [-0.25, -0.2) is 0 Å². The molecule has 1 aliphatic heterocycles. The number of aliphatic carboxylic acids is 1. The lowest BCUT2D eigenvalue weighted by Crippen LogP contribution is -2.32. The van der Waals surface area contributed by atoms with Crippen molar-refractivity contribution in [3.63, 3.8) is 0 Å². The van der Waals surface area contributed by atoms with E-state index in [0.717, 1.165) is 10.5 Å². The maximum absolute atomic E-state index is 11.4. The second kappa shape index (κ2) is 4.43. The molecule has 1 heterocycles. The highest BCUT2D eigenvalue weighted by Gasteiger charge is 2.37. The van der Waals surface area contributed by atoms with E-state index in [9.17, 15) is 9.59 Å². The molecular formula is C14H16O3S. The summed E-state index contributed by atoms with van der Waals surface area (Å²) in [7, 11) is 0. The van der Waals surface area contributed by atoms with Crippen molar-refractivity contribution in [2.24, 2.45) is 0 Å². The van der Waals surface area contributed by atoms with Crippen LogP contribution in [-0.4, -0.2) is 22.1 Å². The Morgan fingerprint density at radius 2 is 2.06 bits per heavy atom. The van der Waals surface area contributed by atoms with Crippen molar-refractivity contribution in [1.82, 2.24) is 0 Å². The van der Waals surface area contributed by atoms with Crippen LogP contribution in [-0.2, 0) is 10.2 Å². The summed E-state index contributed by atoms with van der Waals surface area (Å²) in [6.45, 7) is 5.61. The molecule has 2 rings (SSSR count). The minimum absolute atomic E-state index is 0.0407. The van der Waals surface area contributed by atoms with E-state index in [2.05, 4.69) is 0 Å². The zero-order chi connectivity index (χ0) is 13.5. The molecule has 1 N–H and O–H groups in total. The third-order valence-corrected chi connectivity index (χ3v) is 4.62. The second-order valence-corrected chi connectivity index (χ2v) is 6.54. The van der Waals surface area contributed by atoms with Crippen molar-refractivity contribution in [3.8, 4) is 0 Å². The van der Waals surface area contributed by atoms with E-state index in [-0.39, 0.29) is 11.2 Å². The van der Waals surface area contributed by atoms with Crippen LogP contribution in [0.15, 0.2) is 23.1 Å². The molecule has 0 amide bonds. The van der Waals surface area contributed by atoms with Crippen LogP contribution in [0.25, 0.3) is 0 Å². The van der Waals surface area contributed by atoms with Crippen LogP contribution in [0.4, 0.5) is 0 Å². The number of Topliss-reactive ketones (excluding diaryl/α,β-unsaturated/α-hetero) is 1. The van der Waals surface area contributed by atoms with Gasteiger partial charge in [0.2, 0.25) is 0 Å². The van der Waals surface area contributed by atoms with E-state index in [1.165, 1.54) is 11.8 Å². The fourth-order valence-corrected chi connectivity index (χ4v) is 3.80. The molecule has 4 heteroatoms. The highest BCUT2D eigenvalue weighted by Crippen LogP contribution is 2.45. The first kappa shape index (κ1) is 13.1. The molecule has 18 heavy (non-hydrogen) atoms. The Kier molecular flexibility index (Phi) is 3.23. The Morgan fingerprint density at radius 1 is 1.39 bits per heavy atom. The van der Waals surface area contributed by atoms with Gasteiger partial charge in [-0.15, -0.1) is 11.8 Å². The highest BCUT2D eigenvalue weighted by atomic mass is 32.2. The number of carboxylic acids is 1. The topological polar surface area (TPSA) is 54.4 Å². The molecule has 0 aliphatic carbocycles. The van der Waals surface area contributed by atoms with Crippen LogP contribution in [0.3, 0.4) is 0 Å². The van der Waals surface area contributed by atoms with Crippen molar-refractivity contribution >= 4 is 23.5 Å². The molecular weight excluding hydrogens is 248 g/mol. The summed E-state index contributed by atoms with van der Waals surface area (Å²) in [5.41, 5.74) is 1.56. The summed E-state index contributed by atoms with van der Waals surface area (Å²) in [5, 5.41) is 8.76. The van der Waals surface area contributed by atoms with Gasteiger partial charge in [0.05, 0.1) is 0 Å². The lowest BCUT2D eigenvalue weighted by Gasteiger charge is -2.35. The zero-order valence-corrected chi connectivity index (χ0v) is 11.5. The minimum Gasteiger partial charge on any atom is -0.480 e. The SMILES string of the molecule is CC(=O)c1ccc2c(c1)C(C)(C)CC(C(=O)O)S2. The summed E-state index contributed by atoms with van der Waals surface area (Å²) in [6.07, 6.45) is 0.585. The van der Waals surface area contributed by atoms with Gasteiger partial charge in [0.25, 0.3) is 0 Å². The molecule has 0 spiro atoms. The molecule has 0 radical (unpaired) electrons. The molecule has 1 aliphatic rings. The average molecular weight is 264 g/mol. The van der Waals surface area contributed by atoms with E-state index in [4.69, 9.17) is 5.11 Å². The Bertz CT molecular complexity index is 520. The fourth-order valence-electron chi connectivity index (χ4n) is 2.29. The summed E-state index contributed by atoms with van der Waals surface area (Å²) >= 11 is 1.38. The summed E-state index contributed by atoms with van der Waals surface area (Å²) in [5.74, 6) is -0.728. The standard InChI is InChI=1S/C14H16O3S/c1-8(15)9-4-5-11-10(6-9)14(2,3)7-12(18-11)13(16)17/h4-6,12H,7H2,1-3H3,(H,16,17). The number of rotatable bonds is 2. The number of ketones is 1. The Morgan fingerprint density at radius 3 is 2.61 bits per heavy atom. The van der Waals surface area contributed by atoms with Gasteiger partial charge in [-0.2, -0.15) is 0 Å². The predicted octanol–water partition coefficient (Wildman–Crippen LogP) is 3.12. The van der Waals surface area contributed by atoms with Gasteiger partial charge >= 0.3 is 5.97 Å². The van der Waals surface area contributed by atoms with Gasteiger partial charge < -0.3 is 5.11 Å².